The van der Waals surface area contributed by atoms with Crippen molar-refractivity contribution in [2.75, 3.05) is 0 Å². The van der Waals surface area contributed by atoms with E-state index in [1.165, 1.54) is 0 Å². The van der Waals surface area contributed by atoms with E-state index in [0.717, 1.165) is 5.56 Å². The summed E-state index contributed by atoms with van der Waals surface area (Å²) in [5.74, 6) is -2.68. The van der Waals surface area contributed by atoms with Gasteiger partial charge in [-0.1, -0.05) is 12.1 Å². The lowest BCUT2D eigenvalue weighted by atomic mass is 10.1. The molecule has 0 aliphatic rings. The summed E-state index contributed by atoms with van der Waals surface area (Å²) in [5.41, 5.74) is 6.08. The van der Waals surface area contributed by atoms with Gasteiger partial charge in [0.05, 0.1) is 12.0 Å². The number of halogens is 1. The number of benzene rings is 1. The molecule has 0 saturated heterocycles. The highest BCUT2D eigenvalue weighted by Crippen LogP contribution is 2.21. The highest BCUT2D eigenvalue weighted by atomic mass is 79.9. The molecule has 0 unspecified atom stereocenters. The minimum Gasteiger partial charge on any atom is -0.480 e. The fourth-order valence-corrected chi connectivity index (χ4v) is 1.90. The van der Waals surface area contributed by atoms with Crippen molar-refractivity contribution >= 4 is 33.7 Å². The Labute approximate surface area is 118 Å². The van der Waals surface area contributed by atoms with Crippen LogP contribution in [0, 0.1) is 6.92 Å². The second-order valence-corrected chi connectivity index (χ2v) is 4.76. The molecule has 0 spiro atoms. The summed E-state index contributed by atoms with van der Waals surface area (Å²) in [4.78, 5) is 33.6. The largest absolute Gasteiger partial charge is 0.480 e. The van der Waals surface area contributed by atoms with Gasteiger partial charge in [0.25, 0.3) is 5.91 Å². The van der Waals surface area contributed by atoms with Gasteiger partial charge in [-0.2, -0.15) is 0 Å². The van der Waals surface area contributed by atoms with E-state index in [9.17, 15) is 14.4 Å². The van der Waals surface area contributed by atoms with Crippen molar-refractivity contribution in [3.63, 3.8) is 0 Å². The van der Waals surface area contributed by atoms with E-state index in [1.807, 2.05) is 0 Å². The third-order valence-electron chi connectivity index (χ3n) is 2.45. The fraction of sp³-hybridized carbons (Fsp3) is 0.250. The molecule has 0 aliphatic heterocycles. The van der Waals surface area contributed by atoms with Crippen molar-refractivity contribution in [2.45, 2.75) is 19.4 Å². The number of carbonyl (C=O) groups excluding carboxylic acids is 2. The molecule has 2 amide bonds. The summed E-state index contributed by atoms with van der Waals surface area (Å²) in [7, 11) is 0. The van der Waals surface area contributed by atoms with Crippen molar-refractivity contribution in [1.82, 2.24) is 5.32 Å². The number of aryl methyl sites for hydroxylation is 1. The first-order valence-corrected chi connectivity index (χ1v) is 6.19. The Kier molecular flexibility index (Phi) is 5.05. The zero-order chi connectivity index (χ0) is 14.6. The Bertz CT molecular complexity index is 530. The molecule has 19 heavy (non-hydrogen) atoms. The Morgan fingerprint density at radius 3 is 2.58 bits per heavy atom. The van der Waals surface area contributed by atoms with E-state index in [0.29, 0.717) is 10.0 Å². The van der Waals surface area contributed by atoms with Gasteiger partial charge in [-0.15, -0.1) is 0 Å². The maximum absolute atomic E-state index is 12.0. The molecule has 0 bridgehead atoms. The molecule has 1 aromatic carbocycles. The van der Waals surface area contributed by atoms with Crippen LogP contribution in [-0.4, -0.2) is 28.9 Å². The standard InChI is InChI=1S/C12H13BrN2O4/c1-6-3-2-4-7(10(6)13)11(17)15-8(12(18)19)5-9(14)16/h2-4,8H,5H2,1H3,(H2,14,16)(H,15,17)(H,18,19)/t8-/m1/s1. The molecule has 1 rings (SSSR count). The lowest BCUT2D eigenvalue weighted by Gasteiger charge is -2.14. The Balaban J connectivity index is 2.91. The monoisotopic (exact) mass is 328 g/mol. The van der Waals surface area contributed by atoms with Gasteiger partial charge in [-0.25, -0.2) is 4.79 Å². The maximum atomic E-state index is 12.0. The number of hydrogen-bond donors (Lipinski definition) is 3. The Morgan fingerprint density at radius 1 is 1.42 bits per heavy atom. The van der Waals surface area contributed by atoms with Gasteiger partial charge in [0.15, 0.2) is 0 Å². The zero-order valence-corrected chi connectivity index (χ0v) is 11.7. The summed E-state index contributed by atoms with van der Waals surface area (Å²) < 4.78 is 0.579. The molecule has 0 aliphatic carbocycles. The molecular weight excluding hydrogens is 316 g/mol. The van der Waals surface area contributed by atoms with Crippen molar-refractivity contribution in [3.8, 4) is 0 Å². The number of rotatable bonds is 5. The second kappa shape index (κ2) is 6.33. The van der Waals surface area contributed by atoms with E-state index >= 15 is 0 Å². The van der Waals surface area contributed by atoms with Crippen molar-refractivity contribution in [3.05, 3.63) is 33.8 Å². The molecule has 7 heteroatoms. The van der Waals surface area contributed by atoms with Gasteiger partial charge in [0.2, 0.25) is 5.91 Å². The molecule has 102 valence electrons. The van der Waals surface area contributed by atoms with Crippen LogP contribution in [-0.2, 0) is 9.59 Å². The molecule has 6 nitrogen and oxygen atoms in total. The van der Waals surface area contributed by atoms with Gasteiger partial charge in [-0.05, 0) is 34.5 Å². The van der Waals surface area contributed by atoms with Crippen LogP contribution in [0.4, 0.5) is 0 Å². The number of aliphatic carboxylic acids is 1. The number of carboxylic acids is 1. The number of nitrogens with two attached hydrogens (primary N) is 1. The molecule has 0 saturated carbocycles. The maximum Gasteiger partial charge on any atom is 0.326 e. The Morgan fingerprint density at radius 2 is 2.05 bits per heavy atom. The molecule has 1 aromatic rings. The van der Waals surface area contributed by atoms with Crippen LogP contribution in [0.2, 0.25) is 0 Å². The summed E-state index contributed by atoms with van der Waals surface area (Å²) in [6.07, 6.45) is -0.454. The summed E-state index contributed by atoms with van der Waals surface area (Å²) in [5, 5.41) is 11.2. The molecule has 0 heterocycles. The topological polar surface area (TPSA) is 109 Å². The number of primary amides is 1. The van der Waals surface area contributed by atoms with Gasteiger partial charge in [-0.3, -0.25) is 9.59 Å². The predicted molar refractivity (Wildman–Crippen MR) is 71.6 cm³/mol. The van der Waals surface area contributed by atoms with Crippen molar-refractivity contribution in [2.24, 2.45) is 5.73 Å². The van der Waals surface area contributed by atoms with Crippen molar-refractivity contribution < 1.29 is 19.5 Å². The minimum absolute atomic E-state index is 0.302. The number of carboxylic acid groups (broad SMARTS) is 1. The van der Waals surface area contributed by atoms with E-state index in [1.54, 1.807) is 25.1 Å². The van der Waals surface area contributed by atoms with Crippen LogP contribution >= 0.6 is 15.9 Å². The van der Waals surface area contributed by atoms with E-state index in [4.69, 9.17) is 10.8 Å². The van der Waals surface area contributed by atoms with Gasteiger partial charge in [0, 0.05) is 4.47 Å². The van der Waals surface area contributed by atoms with Crippen LogP contribution < -0.4 is 11.1 Å². The number of hydrogen-bond acceptors (Lipinski definition) is 3. The molecule has 0 fully saturated rings. The van der Waals surface area contributed by atoms with Crippen LogP contribution in [0.25, 0.3) is 0 Å². The predicted octanol–water partition coefficient (Wildman–Crippen LogP) is 0.816. The first-order valence-electron chi connectivity index (χ1n) is 5.40. The van der Waals surface area contributed by atoms with E-state index in [-0.39, 0.29) is 0 Å². The van der Waals surface area contributed by atoms with Crippen molar-refractivity contribution in [1.29, 1.82) is 0 Å². The van der Waals surface area contributed by atoms with Gasteiger partial charge in [0.1, 0.15) is 6.04 Å². The third-order valence-corrected chi connectivity index (χ3v) is 3.50. The summed E-state index contributed by atoms with van der Waals surface area (Å²) in [6, 6.07) is 3.70. The first-order chi connectivity index (χ1) is 8.82. The normalized spacial score (nSPS) is 11.7. The highest BCUT2D eigenvalue weighted by Gasteiger charge is 2.23. The van der Waals surface area contributed by atoms with Crippen LogP contribution in [0.3, 0.4) is 0 Å². The SMILES string of the molecule is Cc1cccc(C(=O)N[C@H](CC(N)=O)C(=O)O)c1Br. The fourth-order valence-electron chi connectivity index (χ4n) is 1.46. The summed E-state index contributed by atoms with van der Waals surface area (Å²) in [6.45, 7) is 1.80. The third kappa shape index (κ3) is 4.06. The summed E-state index contributed by atoms with van der Waals surface area (Å²) >= 11 is 3.26. The van der Waals surface area contributed by atoms with Crippen LogP contribution in [0.5, 0.6) is 0 Å². The second-order valence-electron chi connectivity index (χ2n) is 3.97. The quantitative estimate of drug-likeness (QED) is 0.743. The highest BCUT2D eigenvalue weighted by molar-refractivity contribution is 9.10. The number of amides is 2. The molecule has 0 radical (unpaired) electrons. The first kappa shape index (κ1) is 15.2. The molecule has 1 atom stereocenters. The number of nitrogens with one attached hydrogen (secondary N) is 1. The zero-order valence-electron chi connectivity index (χ0n) is 10.1. The van der Waals surface area contributed by atoms with Gasteiger partial charge < -0.3 is 16.2 Å². The van der Waals surface area contributed by atoms with Gasteiger partial charge >= 0.3 is 5.97 Å². The lowest BCUT2D eigenvalue weighted by molar-refractivity contribution is -0.140. The molecule has 4 N–H and O–H groups in total. The van der Waals surface area contributed by atoms with Crippen LogP contribution in [0.15, 0.2) is 22.7 Å². The average molecular weight is 329 g/mol. The average Bonchev–Trinajstić information content (AvgIpc) is 2.31. The smallest absolute Gasteiger partial charge is 0.326 e. The molecule has 0 aromatic heterocycles. The lowest BCUT2D eigenvalue weighted by Crippen LogP contribution is -2.43. The van der Waals surface area contributed by atoms with E-state index < -0.39 is 30.2 Å². The van der Waals surface area contributed by atoms with E-state index in [2.05, 4.69) is 21.2 Å². The van der Waals surface area contributed by atoms with Crippen LogP contribution in [0.1, 0.15) is 22.3 Å². The minimum atomic E-state index is -1.34. The molecular formula is C12H13BrN2O4. The number of carbonyl (C=O) groups is 3. The Hall–Kier alpha value is -1.89.